The fraction of sp³-hybridized carbons (Fsp3) is 0.400. The van der Waals surface area contributed by atoms with Gasteiger partial charge in [0.05, 0.1) is 29.9 Å². The van der Waals surface area contributed by atoms with E-state index in [-0.39, 0.29) is 6.61 Å². The van der Waals surface area contributed by atoms with Crippen LogP contribution in [-0.2, 0) is 4.74 Å². The molecule has 0 heterocycles. The SMILES string of the molecule is OCCOCCOc1ccc(Cl)c(Cl)c1. The Morgan fingerprint density at radius 1 is 1.07 bits per heavy atom. The van der Waals surface area contributed by atoms with Gasteiger partial charge in [0.2, 0.25) is 0 Å². The number of aliphatic hydroxyl groups is 1. The molecular formula is C10H12Cl2O3. The number of ether oxygens (including phenoxy) is 2. The second-order valence-corrected chi connectivity index (χ2v) is 3.57. The first-order chi connectivity index (χ1) is 7.24. The Hall–Kier alpha value is -0.480. The van der Waals surface area contributed by atoms with Crippen LogP contribution in [0.15, 0.2) is 18.2 Å². The third kappa shape index (κ3) is 4.71. The van der Waals surface area contributed by atoms with Crippen LogP contribution in [0, 0.1) is 0 Å². The summed E-state index contributed by atoms with van der Waals surface area (Å²) in [7, 11) is 0. The van der Waals surface area contributed by atoms with Gasteiger partial charge in [-0.3, -0.25) is 0 Å². The van der Waals surface area contributed by atoms with Gasteiger partial charge in [-0.25, -0.2) is 0 Å². The maximum Gasteiger partial charge on any atom is 0.121 e. The highest BCUT2D eigenvalue weighted by atomic mass is 35.5. The van der Waals surface area contributed by atoms with Crippen LogP contribution in [-0.4, -0.2) is 31.5 Å². The van der Waals surface area contributed by atoms with Crippen LogP contribution < -0.4 is 4.74 Å². The zero-order valence-electron chi connectivity index (χ0n) is 8.08. The van der Waals surface area contributed by atoms with Crippen molar-refractivity contribution in [1.29, 1.82) is 0 Å². The first-order valence-electron chi connectivity index (χ1n) is 4.50. The molecule has 0 saturated heterocycles. The zero-order chi connectivity index (χ0) is 11.1. The summed E-state index contributed by atoms with van der Waals surface area (Å²) in [6, 6.07) is 5.06. The second kappa shape index (κ2) is 6.90. The van der Waals surface area contributed by atoms with Crippen molar-refractivity contribution in [3.8, 4) is 5.75 Å². The predicted octanol–water partition coefficient (Wildman–Crippen LogP) is 2.38. The number of benzene rings is 1. The Morgan fingerprint density at radius 2 is 1.87 bits per heavy atom. The van der Waals surface area contributed by atoms with Crippen molar-refractivity contribution in [2.75, 3.05) is 26.4 Å². The van der Waals surface area contributed by atoms with E-state index in [0.717, 1.165) is 0 Å². The Labute approximate surface area is 98.5 Å². The number of halogens is 2. The van der Waals surface area contributed by atoms with Crippen molar-refractivity contribution < 1.29 is 14.6 Å². The summed E-state index contributed by atoms with van der Waals surface area (Å²) >= 11 is 11.5. The van der Waals surface area contributed by atoms with Gasteiger partial charge >= 0.3 is 0 Å². The van der Waals surface area contributed by atoms with E-state index in [2.05, 4.69) is 0 Å². The molecule has 1 aromatic carbocycles. The van der Waals surface area contributed by atoms with Crippen molar-refractivity contribution in [3.05, 3.63) is 28.2 Å². The smallest absolute Gasteiger partial charge is 0.121 e. The Morgan fingerprint density at radius 3 is 2.53 bits per heavy atom. The summed E-state index contributed by atoms with van der Waals surface area (Å²) in [6.45, 7) is 1.19. The van der Waals surface area contributed by atoms with Crippen LogP contribution in [0.3, 0.4) is 0 Å². The van der Waals surface area contributed by atoms with Crippen LogP contribution >= 0.6 is 23.2 Å². The minimum atomic E-state index is 0.0206. The molecule has 3 nitrogen and oxygen atoms in total. The molecule has 0 amide bonds. The molecule has 0 atom stereocenters. The van der Waals surface area contributed by atoms with Crippen molar-refractivity contribution in [2.24, 2.45) is 0 Å². The van der Waals surface area contributed by atoms with Gasteiger partial charge in [0.1, 0.15) is 12.4 Å². The first-order valence-corrected chi connectivity index (χ1v) is 5.26. The third-order valence-electron chi connectivity index (χ3n) is 1.62. The van der Waals surface area contributed by atoms with Crippen molar-refractivity contribution in [1.82, 2.24) is 0 Å². The molecule has 0 bridgehead atoms. The minimum absolute atomic E-state index is 0.0206. The van der Waals surface area contributed by atoms with Crippen LogP contribution in [0.2, 0.25) is 10.0 Å². The van der Waals surface area contributed by atoms with Crippen molar-refractivity contribution in [2.45, 2.75) is 0 Å². The van der Waals surface area contributed by atoms with Gasteiger partial charge < -0.3 is 14.6 Å². The Bertz CT molecular complexity index is 305. The molecule has 0 aliphatic carbocycles. The van der Waals surface area contributed by atoms with Crippen molar-refractivity contribution >= 4 is 23.2 Å². The number of aliphatic hydroxyl groups excluding tert-OH is 1. The van der Waals surface area contributed by atoms with Crippen molar-refractivity contribution in [3.63, 3.8) is 0 Å². The van der Waals surface area contributed by atoms with E-state index in [1.807, 2.05) is 0 Å². The maximum absolute atomic E-state index is 8.45. The molecule has 0 aromatic heterocycles. The third-order valence-corrected chi connectivity index (χ3v) is 2.36. The largest absolute Gasteiger partial charge is 0.491 e. The summed E-state index contributed by atoms with van der Waals surface area (Å²) in [5.74, 6) is 0.650. The van der Waals surface area contributed by atoms with Gasteiger partial charge in [-0.2, -0.15) is 0 Å². The van der Waals surface area contributed by atoms with Crippen LogP contribution in [0.4, 0.5) is 0 Å². The molecule has 0 radical (unpaired) electrons. The fourth-order valence-electron chi connectivity index (χ4n) is 0.952. The van der Waals surface area contributed by atoms with Gasteiger partial charge in [-0.1, -0.05) is 23.2 Å². The lowest BCUT2D eigenvalue weighted by Gasteiger charge is -2.07. The molecule has 0 unspecified atom stereocenters. The lowest BCUT2D eigenvalue weighted by molar-refractivity contribution is 0.0705. The average Bonchev–Trinajstić information content (AvgIpc) is 2.23. The highest BCUT2D eigenvalue weighted by molar-refractivity contribution is 6.42. The zero-order valence-corrected chi connectivity index (χ0v) is 9.59. The van der Waals surface area contributed by atoms with E-state index in [1.165, 1.54) is 0 Å². The monoisotopic (exact) mass is 250 g/mol. The molecule has 0 aliphatic rings. The van der Waals surface area contributed by atoms with Gasteiger partial charge in [0, 0.05) is 6.07 Å². The summed E-state index contributed by atoms with van der Waals surface area (Å²) < 4.78 is 10.4. The van der Waals surface area contributed by atoms with Gasteiger partial charge in [0.25, 0.3) is 0 Å². The topological polar surface area (TPSA) is 38.7 Å². The molecule has 1 rings (SSSR count). The molecule has 0 saturated carbocycles. The van der Waals surface area contributed by atoms with E-state index in [4.69, 9.17) is 37.8 Å². The van der Waals surface area contributed by atoms with E-state index >= 15 is 0 Å². The summed E-state index contributed by atoms with van der Waals surface area (Å²) in [5.41, 5.74) is 0. The average molecular weight is 251 g/mol. The van der Waals surface area contributed by atoms with Crippen LogP contribution in [0.25, 0.3) is 0 Å². The van der Waals surface area contributed by atoms with E-state index in [9.17, 15) is 0 Å². The van der Waals surface area contributed by atoms with Gasteiger partial charge in [-0.15, -0.1) is 0 Å². The molecule has 0 spiro atoms. The van der Waals surface area contributed by atoms with Crippen LogP contribution in [0.1, 0.15) is 0 Å². The lowest BCUT2D eigenvalue weighted by atomic mass is 10.3. The highest BCUT2D eigenvalue weighted by Gasteiger charge is 1.99. The minimum Gasteiger partial charge on any atom is -0.491 e. The molecule has 0 aliphatic heterocycles. The quantitative estimate of drug-likeness (QED) is 0.789. The lowest BCUT2D eigenvalue weighted by Crippen LogP contribution is -2.09. The first kappa shape index (κ1) is 12.6. The molecule has 1 aromatic rings. The normalized spacial score (nSPS) is 10.3. The predicted molar refractivity (Wildman–Crippen MR) is 59.9 cm³/mol. The Kier molecular flexibility index (Phi) is 5.79. The van der Waals surface area contributed by atoms with Crippen LogP contribution in [0.5, 0.6) is 5.75 Å². The number of hydrogen-bond donors (Lipinski definition) is 1. The molecule has 1 N–H and O–H groups in total. The molecule has 15 heavy (non-hydrogen) atoms. The molecule has 84 valence electrons. The summed E-state index contributed by atoms with van der Waals surface area (Å²) in [4.78, 5) is 0. The molecular weight excluding hydrogens is 239 g/mol. The summed E-state index contributed by atoms with van der Waals surface area (Å²) in [6.07, 6.45) is 0. The highest BCUT2D eigenvalue weighted by Crippen LogP contribution is 2.26. The molecule has 5 heteroatoms. The van der Waals surface area contributed by atoms with E-state index < -0.39 is 0 Å². The maximum atomic E-state index is 8.45. The van der Waals surface area contributed by atoms with E-state index in [1.54, 1.807) is 18.2 Å². The molecule has 0 fully saturated rings. The van der Waals surface area contributed by atoms with Gasteiger partial charge in [0.15, 0.2) is 0 Å². The number of rotatable bonds is 6. The fourth-order valence-corrected chi connectivity index (χ4v) is 1.24. The standard InChI is InChI=1S/C10H12Cl2O3/c11-9-2-1-8(7-10(9)12)15-6-5-14-4-3-13/h1-2,7,13H,3-6H2. The Balaban J connectivity index is 2.28. The van der Waals surface area contributed by atoms with E-state index in [0.29, 0.717) is 35.6 Å². The second-order valence-electron chi connectivity index (χ2n) is 2.76. The number of hydrogen-bond acceptors (Lipinski definition) is 3. The summed E-state index contributed by atoms with van der Waals surface area (Å²) in [5, 5.41) is 9.42. The van der Waals surface area contributed by atoms with Gasteiger partial charge in [-0.05, 0) is 12.1 Å².